The Kier molecular flexibility index (Phi) is 4.48. The fraction of sp³-hybridized carbons (Fsp3) is 0.438. The summed E-state index contributed by atoms with van der Waals surface area (Å²) in [5.74, 6) is 0.749. The first-order chi connectivity index (χ1) is 12.7. The lowest BCUT2D eigenvalue weighted by atomic mass is 10.1. The minimum Gasteiger partial charge on any atom is -0.375 e. The van der Waals surface area contributed by atoms with Gasteiger partial charge in [-0.3, -0.25) is 9.48 Å². The van der Waals surface area contributed by atoms with Crippen LogP contribution in [0, 0.1) is 0 Å². The maximum absolute atomic E-state index is 11.6. The molecule has 10 heteroatoms. The van der Waals surface area contributed by atoms with Crippen molar-refractivity contribution in [2.45, 2.75) is 19.0 Å². The number of ether oxygens (including phenoxy) is 1. The molecule has 1 aliphatic heterocycles. The van der Waals surface area contributed by atoms with E-state index >= 15 is 0 Å². The number of methoxy groups -OCH3 is 1. The molecule has 1 N–H and O–H groups in total. The lowest BCUT2D eigenvalue weighted by Gasteiger charge is -2.34. The average Bonchev–Trinajstić information content (AvgIpc) is 3.30. The Balaban J connectivity index is 1.49. The molecule has 26 heavy (non-hydrogen) atoms. The zero-order valence-electron chi connectivity index (χ0n) is 14.4. The van der Waals surface area contributed by atoms with E-state index in [1.54, 1.807) is 10.8 Å². The number of hydrogen-bond donors (Lipinski definition) is 1. The summed E-state index contributed by atoms with van der Waals surface area (Å²) >= 11 is 0. The number of hydrogen-bond acceptors (Lipinski definition) is 7. The minimum atomic E-state index is -0.111. The summed E-state index contributed by atoms with van der Waals surface area (Å²) in [5, 5.41) is 19.8. The minimum absolute atomic E-state index is 0.0761. The van der Waals surface area contributed by atoms with Gasteiger partial charge in [0.25, 0.3) is 0 Å². The second-order valence-electron chi connectivity index (χ2n) is 6.20. The summed E-state index contributed by atoms with van der Waals surface area (Å²) in [7, 11) is 1.51. The number of carbonyl (C=O) groups excluding carboxylic acids is 1. The van der Waals surface area contributed by atoms with Gasteiger partial charge in [-0.2, -0.15) is 9.61 Å². The van der Waals surface area contributed by atoms with Gasteiger partial charge in [-0.25, -0.2) is 0 Å². The zero-order valence-corrected chi connectivity index (χ0v) is 14.4. The Morgan fingerprint density at radius 1 is 1.38 bits per heavy atom. The van der Waals surface area contributed by atoms with Crippen molar-refractivity contribution in [3.05, 3.63) is 36.4 Å². The van der Waals surface area contributed by atoms with Crippen molar-refractivity contribution in [1.82, 2.24) is 34.9 Å². The van der Waals surface area contributed by atoms with Crippen LogP contribution in [0.15, 0.2) is 30.7 Å². The summed E-state index contributed by atoms with van der Waals surface area (Å²) in [6.45, 7) is 2.13. The number of fused-ring (bicyclic) bond motifs is 2. The van der Waals surface area contributed by atoms with Gasteiger partial charge in [0.05, 0.1) is 18.3 Å². The lowest BCUT2D eigenvalue weighted by molar-refractivity contribution is -0.124. The Morgan fingerprint density at radius 2 is 2.31 bits per heavy atom. The molecular formula is C16H20N8O2. The van der Waals surface area contributed by atoms with Gasteiger partial charge in [-0.15, -0.1) is 15.3 Å². The van der Waals surface area contributed by atoms with E-state index in [-0.39, 0.29) is 18.6 Å². The second kappa shape index (κ2) is 7.08. The van der Waals surface area contributed by atoms with Crippen LogP contribution in [-0.2, 0) is 16.1 Å². The van der Waals surface area contributed by atoms with Gasteiger partial charge in [-0.1, -0.05) is 0 Å². The molecule has 0 unspecified atom stereocenters. The molecule has 3 aromatic rings. The van der Waals surface area contributed by atoms with Crippen molar-refractivity contribution in [1.29, 1.82) is 0 Å². The average molecular weight is 356 g/mol. The first kappa shape index (κ1) is 16.5. The van der Waals surface area contributed by atoms with Gasteiger partial charge in [-0.05, 0) is 24.6 Å². The number of carbonyl (C=O) groups is 1. The standard InChI is InChI=1S/C16H20N8O2/c1-26-10-16(25)17-6-4-12-8-22(9-13-5-7-19-24(12)13)15-3-2-14-20-18-11-23(14)21-15/h2-3,5,7,11-12H,4,6,8-10H2,1H3,(H,17,25)/t12-/m1/s1. The Hall–Kier alpha value is -3.01. The highest BCUT2D eigenvalue weighted by molar-refractivity contribution is 5.77. The molecule has 1 aliphatic rings. The van der Waals surface area contributed by atoms with Crippen molar-refractivity contribution < 1.29 is 9.53 Å². The molecular weight excluding hydrogens is 336 g/mol. The maximum atomic E-state index is 11.6. The van der Waals surface area contributed by atoms with Crippen molar-refractivity contribution in [2.24, 2.45) is 0 Å². The van der Waals surface area contributed by atoms with E-state index in [2.05, 4.69) is 30.6 Å². The highest BCUT2D eigenvalue weighted by Crippen LogP contribution is 2.26. The van der Waals surface area contributed by atoms with Crippen molar-refractivity contribution in [3.63, 3.8) is 0 Å². The zero-order chi connectivity index (χ0) is 17.9. The molecule has 0 aliphatic carbocycles. The molecule has 3 aromatic heterocycles. The molecule has 4 heterocycles. The van der Waals surface area contributed by atoms with Gasteiger partial charge in [0.2, 0.25) is 5.91 Å². The highest BCUT2D eigenvalue weighted by Gasteiger charge is 2.26. The molecule has 4 rings (SSSR count). The van der Waals surface area contributed by atoms with Gasteiger partial charge >= 0.3 is 0 Å². The van der Waals surface area contributed by atoms with Crippen LogP contribution in [0.5, 0.6) is 0 Å². The van der Waals surface area contributed by atoms with Crippen LogP contribution >= 0.6 is 0 Å². The highest BCUT2D eigenvalue weighted by atomic mass is 16.5. The van der Waals surface area contributed by atoms with Gasteiger partial charge in [0.15, 0.2) is 5.65 Å². The van der Waals surface area contributed by atoms with E-state index in [1.165, 1.54) is 7.11 Å². The van der Waals surface area contributed by atoms with Crippen LogP contribution < -0.4 is 10.2 Å². The van der Waals surface area contributed by atoms with Gasteiger partial charge in [0, 0.05) is 26.4 Å². The largest absolute Gasteiger partial charge is 0.375 e. The fourth-order valence-corrected chi connectivity index (χ4v) is 3.22. The van der Waals surface area contributed by atoms with E-state index < -0.39 is 0 Å². The van der Waals surface area contributed by atoms with E-state index in [9.17, 15) is 4.79 Å². The topological polar surface area (TPSA) is 102 Å². The second-order valence-corrected chi connectivity index (χ2v) is 6.20. The van der Waals surface area contributed by atoms with Gasteiger partial charge in [0.1, 0.15) is 18.8 Å². The smallest absolute Gasteiger partial charge is 0.245 e. The van der Waals surface area contributed by atoms with E-state index in [4.69, 9.17) is 4.74 Å². The molecule has 136 valence electrons. The summed E-state index contributed by atoms with van der Waals surface area (Å²) in [4.78, 5) is 13.8. The van der Waals surface area contributed by atoms with E-state index in [0.29, 0.717) is 12.2 Å². The summed E-state index contributed by atoms with van der Waals surface area (Å²) in [6, 6.07) is 6.02. The van der Waals surface area contributed by atoms with Crippen LogP contribution in [0.4, 0.5) is 5.82 Å². The normalized spacial score (nSPS) is 16.7. The van der Waals surface area contributed by atoms with Gasteiger partial charge < -0.3 is 15.0 Å². The monoisotopic (exact) mass is 356 g/mol. The van der Waals surface area contributed by atoms with Crippen molar-refractivity contribution in [2.75, 3.05) is 31.7 Å². The SMILES string of the molecule is COCC(=O)NCC[C@@H]1CN(c2ccc3nncn3n2)Cc2ccnn21. The third-order valence-electron chi connectivity index (χ3n) is 4.43. The molecule has 0 saturated heterocycles. The molecule has 1 atom stereocenters. The van der Waals surface area contributed by atoms with Crippen molar-refractivity contribution >= 4 is 17.4 Å². The quantitative estimate of drug-likeness (QED) is 0.665. The Bertz CT molecular complexity index is 904. The molecule has 10 nitrogen and oxygen atoms in total. The summed E-state index contributed by atoms with van der Waals surface area (Å²) in [5.41, 5.74) is 1.84. The van der Waals surface area contributed by atoms with Crippen LogP contribution in [0.2, 0.25) is 0 Å². The van der Waals surface area contributed by atoms with Crippen LogP contribution in [0.1, 0.15) is 18.2 Å². The maximum Gasteiger partial charge on any atom is 0.245 e. The number of amides is 1. The van der Waals surface area contributed by atoms with Crippen LogP contribution in [0.3, 0.4) is 0 Å². The summed E-state index contributed by atoms with van der Waals surface area (Å²) < 4.78 is 8.54. The lowest BCUT2D eigenvalue weighted by Crippen LogP contribution is -2.40. The third kappa shape index (κ3) is 3.23. The predicted molar refractivity (Wildman–Crippen MR) is 92.6 cm³/mol. The fourth-order valence-electron chi connectivity index (χ4n) is 3.22. The van der Waals surface area contributed by atoms with Crippen LogP contribution in [-0.4, -0.2) is 62.3 Å². The number of nitrogens with zero attached hydrogens (tertiary/aromatic N) is 7. The van der Waals surface area contributed by atoms with Crippen LogP contribution in [0.25, 0.3) is 5.65 Å². The van der Waals surface area contributed by atoms with E-state index in [0.717, 1.165) is 31.0 Å². The number of anilines is 1. The first-order valence-electron chi connectivity index (χ1n) is 8.44. The Morgan fingerprint density at radius 3 is 3.19 bits per heavy atom. The molecule has 0 spiro atoms. The molecule has 0 saturated carbocycles. The molecule has 0 fully saturated rings. The third-order valence-corrected chi connectivity index (χ3v) is 4.43. The predicted octanol–water partition coefficient (Wildman–Crippen LogP) is 0.0348. The number of aromatic nitrogens is 6. The van der Waals surface area contributed by atoms with E-state index in [1.807, 2.05) is 29.1 Å². The first-order valence-corrected chi connectivity index (χ1v) is 8.44. The Labute approximate surface area is 149 Å². The molecule has 0 bridgehead atoms. The number of nitrogens with one attached hydrogen (secondary N) is 1. The number of rotatable bonds is 6. The van der Waals surface area contributed by atoms with Crippen molar-refractivity contribution in [3.8, 4) is 0 Å². The molecule has 0 aromatic carbocycles. The molecule has 0 radical (unpaired) electrons. The summed E-state index contributed by atoms with van der Waals surface area (Å²) in [6.07, 6.45) is 4.18. The molecule has 1 amide bonds.